The lowest BCUT2D eigenvalue weighted by molar-refractivity contribution is -0.139. The lowest BCUT2D eigenvalue weighted by Gasteiger charge is -2.24. The Bertz CT molecular complexity index is 299. The Balaban J connectivity index is 2.48. The van der Waals surface area contributed by atoms with Gasteiger partial charge in [0.25, 0.3) is 0 Å². The number of thiophene rings is 1. The predicted molar refractivity (Wildman–Crippen MR) is 63.4 cm³/mol. The lowest BCUT2D eigenvalue weighted by atomic mass is 9.93. The first kappa shape index (κ1) is 12.4. The van der Waals surface area contributed by atoms with Gasteiger partial charge in [-0.15, -0.1) is 0 Å². The van der Waals surface area contributed by atoms with E-state index in [4.69, 9.17) is 4.74 Å². The highest BCUT2D eigenvalue weighted by atomic mass is 32.1. The molecule has 84 valence electrons. The van der Waals surface area contributed by atoms with Crippen molar-refractivity contribution in [2.75, 3.05) is 7.11 Å². The van der Waals surface area contributed by atoms with Gasteiger partial charge in [-0.25, -0.2) is 0 Å². The Kier molecular flexibility index (Phi) is 4.48. The van der Waals surface area contributed by atoms with Crippen LogP contribution in [0.15, 0.2) is 16.8 Å². The second-order valence-corrected chi connectivity index (χ2v) is 4.62. The fourth-order valence-corrected chi connectivity index (χ4v) is 2.12. The zero-order chi connectivity index (χ0) is 11.3. The van der Waals surface area contributed by atoms with E-state index in [2.05, 4.69) is 11.4 Å². The SMILES string of the molecule is CCC(C)(OC)C(=O)CCc1ccsc1. The summed E-state index contributed by atoms with van der Waals surface area (Å²) >= 11 is 1.67. The van der Waals surface area contributed by atoms with E-state index in [1.54, 1.807) is 18.4 Å². The van der Waals surface area contributed by atoms with Crippen LogP contribution in [0.3, 0.4) is 0 Å². The van der Waals surface area contributed by atoms with Gasteiger partial charge in [-0.05, 0) is 42.2 Å². The minimum atomic E-state index is -0.601. The minimum Gasteiger partial charge on any atom is -0.371 e. The van der Waals surface area contributed by atoms with Gasteiger partial charge in [-0.2, -0.15) is 11.3 Å². The van der Waals surface area contributed by atoms with Crippen LogP contribution >= 0.6 is 11.3 Å². The molecule has 0 aromatic carbocycles. The molecule has 0 N–H and O–H groups in total. The first-order valence-corrected chi connectivity index (χ1v) is 6.16. The molecule has 2 nitrogen and oxygen atoms in total. The van der Waals surface area contributed by atoms with Gasteiger partial charge in [0.2, 0.25) is 0 Å². The van der Waals surface area contributed by atoms with Crippen LogP contribution in [0.4, 0.5) is 0 Å². The van der Waals surface area contributed by atoms with Crippen molar-refractivity contribution in [1.29, 1.82) is 0 Å². The molecule has 15 heavy (non-hydrogen) atoms. The van der Waals surface area contributed by atoms with Crippen LogP contribution < -0.4 is 0 Å². The second-order valence-electron chi connectivity index (χ2n) is 3.84. The van der Waals surface area contributed by atoms with E-state index in [0.717, 1.165) is 12.8 Å². The summed E-state index contributed by atoms with van der Waals surface area (Å²) < 4.78 is 5.27. The molecule has 0 aliphatic rings. The Morgan fingerprint density at radius 2 is 2.33 bits per heavy atom. The molecule has 0 aliphatic heterocycles. The van der Waals surface area contributed by atoms with Crippen molar-refractivity contribution in [2.24, 2.45) is 0 Å². The average molecular weight is 226 g/mol. The molecule has 1 heterocycles. The third-order valence-corrected chi connectivity index (χ3v) is 3.67. The van der Waals surface area contributed by atoms with Crippen LogP contribution in [-0.2, 0) is 16.0 Å². The van der Waals surface area contributed by atoms with E-state index in [1.807, 2.05) is 19.2 Å². The molecule has 3 heteroatoms. The van der Waals surface area contributed by atoms with E-state index in [0.29, 0.717) is 6.42 Å². The maximum atomic E-state index is 11.9. The quantitative estimate of drug-likeness (QED) is 0.745. The van der Waals surface area contributed by atoms with Crippen molar-refractivity contribution in [1.82, 2.24) is 0 Å². The third-order valence-electron chi connectivity index (χ3n) is 2.94. The molecule has 0 saturated carbocycles. The van der Waals surface area contributed by atoms with Crippen LogP contribution in [0, 0.1) is 0 Å². The minimum absolute atomic E-state index is 0.193. The summed E-state index contributed by atoms with van der Waals surface area (Å²) in [6, 6.07) is 2.06. The van der Waals surface area contributed by atoms with E-state index >= 15 is 0 Å². The summed E-state index contributed by atoms with van der Waals surface area (Å²) in [5.41, 5.74) is 0.638. The molecule has 1 rings (SSSR count). The molecule has 1 aromatic heterocycles. The fourth-order valence-electron chi connectivity index (χ4n) is 1.41. The van der Waals surface area contributed by atoms with Crippen molar-refractivity contribution >= 4 is 17.1 Å². The molecule has 0 amide bonds. The highest BCUT2D eigenvalue weighted by molar-refractivity contribution is 7.07. The van der Waals surface area contributed by atoms with Gasteiger partial charge in [0, 0.05) is 13.5 Å². The molecule has 0 saturated heterocycles. The van der Waals surface area contributed by atoms with Gasteiger partial charge in [-0.3, -0.25) is 4.79 Å². The molecule has 0 radical (unpaired) electrons. The van der Waals surface area contributed by atoms with Gasteiger partial charge in [-0.1, -0.05) is 6.92 Å². The standard InChI is InChI=1S/C12H18O2S/c1-4-12(2,14-3)11(13)6-5-10-7-8-15-9-10/h7-9H,4-6H2,1-3H3. The summed E-state index contributed by atoms with van der Waals surface area (Å²) in [4.78, 5) is 11.9. The van der Waals surface area contributed by atoms with Crippen molar-refractivity contribution < 1.29 is 9.53 Å². The summed E-state index contributed by atoms with van der Waals surface area (Å²) in [5.74, 6) is 0.193. The topological polar surface area (TPSA) is 26.3 Å². The van der Waals surface area contributed by atoms with Crippen molar-refractivity contribution in [3.05, 3.63) is 22.4 Å². The number of methoxy groups -OCH3 is 1. The number of hydrogen-bond acceptors (Lipinski definition) is 3. The summed E-state index contributed by atoms with van der Waals surface area (Å²) in [5, 5.41) is 4.12. The van der Waals surface area contributed by atoms with Gasteiger partial charge < -0.3 is 4.74 Å². The van der Waals surface area contributed by atoms with Gasteiger partial charge in [0.1, 0.15) is 5.60 Å². The molecule has 0 aliphatic carbocycles. The first-order valence-electron chi connectivity index (χ1n) is 5.22. The average Bonchev–Trinajstić information content (AvgIpc) is 2.77. The Labute approximate surface area is 95.3 Å². The highest BCUT2D eigenvalue weighted by Gasteiger charge is 2.29. The molecule has 1 atom stereocenters. The lowest BCUT2D eigenvalue weighted by Crippen LogP contribution is -2.36. The molecule has 1 aromatic rings. The maximum Gasteiger partial charge on any atom is 0.164 e. The van der Waals surface area contributed by atoms with Crippen LogP contribution in [0.1, 0.15) is 32.3 Å². The number of aryl methyl sites for hydroxylation is 1. The van der Waals surface area contributed by atoms with Gasteiger partial charge in [0.15, 0.2) is 5.78 Å². The number of carbonyl (C=O) groups excluding carboxylic acids is 1. The van der Waals surface area contributed by atoms with Gasteiger partial charge in [0.05, 0.1) is 0 Å². The molecule has 0 spiro atoms. The molecular weight excluding hydrogens is 208 g/mol. The number of carbonyl (C=O) groups is 1. The molecular formula is C12H18O2S. The zero-order valence-corrected chi connectivity index (χ0v) is 10.4. The summed E-state index contributed by atoms with van der Waals surface area (Å²) in [7, 11) is 1.60. The third kappa shape index (κ3) is 3.14. The number of ketones is 1. The van der Waals surface area contributed by atoms with Crippen LogP contribution in [0.2, 0.25) is 0 Å². The first-order chi connectivity index (χ1) is 7.12. The van der Waals surface area contributed by atoms with Gasteiger partial charge >= 0.3 is 0 Å². The van der Waals surface area contributed by atoms with Crippen LogP contribution in [-0.4, -0.2) is 18.5 Å². The van der Waals surface area contributed by atoms with Crippen molar-refractivity contribution in [3.8, 4) is 0 Å². The summed E-state index contributed by atoms with van der Waals surface area (Å²) in [6.07, 6.45) is 2.11. The van der Waals surface area contributed by atoms with Crippen molar-refractivity contribution in [3.63, 3.8) is 0 Å². The second kappa shape index (κ2) is 5.42. The zero-order valence-electron chi connectivity index (χ0n) is 9.58. The normalized spacial score (nSPS) is 14.9. The van der Waals surface area contributed by atoms with E-state index in [-0.39, 0.29) is 5.78 Å². The van der Waals surface area contributed by atoms with E-state index < -0.39 is 5.60 Å². The smallest absolute Gasteiger partial charge is 0.164 e. The monoisotopic (exact) mass is 226 g/mol. The highest BCUT2D eigenvalue weighted by Crippen LogP contribution is 2.19. The van der Waals surface area contributed by atoms with Crippen molar-refractivity contribution in [2.45, 2.75) is 38.7 Å². The fraction of sp³-hybridized carbons (Fsp3) is 0.583. The van der Waals surface area contributed by atoms with E-state index in [9.17, 15) is 4.79 Å². The molecule has 1 unspecified atom stereocenters. The number of hydrogen-bond donors (Lipinski definition) is 0. The van der Waals surface area contributed by atoms with Crippen LogP contribution in [0.5, 0.6) is 0 Å². The van der Waals surface area contributed by atoms with Crippen LogP contribution in [0.25, 0.3) is 0 Å². The van der Waals surface area contributed by atoms with E-state index in [1.165, 1.54) is 5.56 Å². The molecule has 0 bridgehead atoms. The Morgan fingerprint density at radius 3 is 2.80 bits per heavy atom. The Morgan fingerprint density at radius 1 is 1.60 bits per heavy atom. The number of rotatable bonds is 6. The Hall–Kier alpha value is -0.670. The summed E-state index contributed by atoms with van der Waals surface area (Å²) in [6.45, 7) is 3.84. The maximum absolute atomic E-state index is 11.9. The largest absolute Gasteiger partial charge is 0.371 e. The predicted octanol–water partition coefficient (Wildman–Crippen LogP) is 3.06. The number of ether oxygens (including phenoxy) is 1. The number of Topliss-reactive ketones (excluding diaryl/α,β-unsaturated/α-hetero) is 1. The molecule has 0 fully saturated rings.